The zero-order valence-corrected chi connectivity index (χ0v) is 12.3. The van der Waals surface area contributed by atoms with Gasteiger partial charge in [-0.25, -0.2) is 4.79 Å². The number of ketones is 1. The molecule has 0 aliphatic heterocycles. The molecular formula is C14H16N2O2S. The van der Waals surface area contributed by atoms with Gasteiger partial charge >= 0.3 is 5.69 Å². The maximum absolute atomic E-state index is 12.3. The summed E-state index contributed by atoms with van der Waals surface area (Å²) in [6, 6.07) is 3.69. The van der Waals surface area contributed by atoms with Gasteiger partial charge in [0.15, 0.2) is 5.78 Å². The van der Waals surface area contributed by atoms with Gasteiger partial charge in [0.1, 0.15) is 0 Å². The van der Waals surface area contributed by atoms with Crippen LogP contribution in [0.2, 0.25) is 0 Å². The molecule has 19 heavy (non-hydrogen) atoms. The summed E-state index contributed by atoms with van der Waals surface area (Å²) in [5.74, 6) is -0.0438. The van der Waals surface area contributed by atoms with Crippen LogP contribution in [0.5, 0.6) is 0 Å². The molecule has 0 spiro atoms. The lowest BCUT2D eigenvalue weighted by molar-refractivity contribution is 0.0969. The molecule has 0 amide bonds. The second-order valence-electron chi connectivity index (χ2n) is 4.66. The fraction of sp³-hybridized carbons (Fsp3) is 0.357. The summed E-state index contributed by atoms with van der Waals surface area (Å²) in [6.07, 6.45) is 0. The Morgan fingerprint density at radius 1 is 1.26 bits per heavy atom. The smallest absolute Gasteiger partial charge is 0.292 e. The molecule has 5 heteroatoms. The van der Waals surface area contributed by atoms with Crippen LogP contribution in [0.3, 0.4) is 0 Å². The van der Waals surface area contributed by atoms with Gasteiger partial charge in [0, 0.05) is 26.7 Å². The number of hydrogen-bond donors (Lipinski definition) is 0. The Hall–Kier alpha value is -1.75. The molecule has 100 valence electrons. The number of Topliss-reactive ketones (excluding diaryl/α,β-unsaturated/α-hetero) is 1. The Morgan fingerprint density at radius 2 is 1.95 bits per heavy atom. The van der Waals surface area contributed by atoms with Crippen molar-refractivity contribution in [2.24, 2.45) is 0 Å². The number of aromatic nitrogens is 2. The predicted octanol–water partition coefficient (Wildman–Crippen LogP) is 2.42. The largest absolute Gasteiger partial charge is 0.348 e. The maximum atomic E-state index is 12.3. The minimum absolute atomic E-state index is 0.0438. The minimum Gasteiger partial charge on any atom is -0.292 e. The molecule has 0 aliphatic rings. The van der Waals surface area contributed by atoms with E-state index in [0.29, 0.717) is 11.3 Å². The van der Waals surface area contributed by atoms with E-state index in [0.717, 1.165) is 15.4 Å². The molecule has 2 aromatic rings. The van der Waals surface area contributed by atoms with E-state index in [9.17, 15) is 9.59 Å². The van der Waals surface area contributed by atoms with E-state index >= 15 is 0 Å². The summed E-state index contributed by atoms with van der Waals surface area (Å²) in [7, 11) is 0. The molecule has 2 aromatic heterocycles. The number of nitrogens with zero attached hydrogens (tertiary/aromatic N) is 2. The topological polar surface area (TPSA) is 52.0 Å². The monoisotopic (exact) mass is 276 g/mol. The van der Waals surface area contributed by atoms with Gasteiger partial charge in [-0.2, -0.15) is 4.98 Å². The molecule has 0 aromatic carbocycles. The summed E-state index contributed by atoms with van der Waals surface area (Å²) >= 11 is 1.60. The molecule has 0 aliphatic carbocycles. The quantitative estimate of drug-likeness (QED) is 0.809. The van der Waals surface area contributed by atoms with Crippen LogP contribution in [0.1, 0.15) is 31.5 Å². The Balaban J connectivity index is 2.35. The van der Waals surface area contributed by atoms with E-state index in [4.69, 9.17) is 0 Å². The fourth-order valence-corrected chi connectivity index (χ4v) is 3.05. The number of hydrogen-bond acceptors (Lipinski definition) is 4. The molecule has 0 N–H and O–H groups in total. The van der Waals surface area contributed by atoms with Crippen molar-refractivity contribution in [1.29, 1.82) is 0 Å². The summed E-state index contributed by atoms with van der Waals surface area (Å²) in [4.78, 5) is 30.0. The van der Waals surface area contributed by atoms with Gasteiger partial charge in [-0.1, -0.05) is 0 Å². The highest BCUT2D eigenvalue weighted by Crippen LogP contribution is 2.21. The first-order valence-corrected chi connectivity index (χ1v) is 6.85. The Bertz CT molecular complexity index is 698. The van der Waals surface area contributed by atoms with E-state index < -0.39 is 0 Å². The lowest BCUT2D eigenvalue weighted by Crippen LogP contribution is -2.28. The average Bonchev–Trinajstić information content (AvgIpc) is 2.62. The molecule has 0 unspecified atom stereocenters. The summed E-state index contributed by atoms with van der Waals surface area (Å²) in [5, 5.41) is 0. The predicted molar refractivity (Wildman–Crippen MR) is 76.1 cm³/mol. The van der Waals surface area contributed by atoms with E-state index in [1.165, 1.54) is 4.57 Å². The first-order valence-electron chi connectivity index (χ1n) is 6.04. The van der Waals surface area contributed by atoms with Crippen molar-refractivity contribution in [3.05, 3.63) is 49.3 Å². The van der Waals surface area contributed by atoms with Crippen LogP contribution in [0, 0.1) is 27.7 Å². The number of rotatable bonds is 3. The van der Waals surface area contributed by atoms with Crippen LogP contribution in [-0.2, 0) is 6.54 Å². The molecule has 0 saturated carbocycles. The van der Waals surface area contributed by atoms with Gasteiger partial charge in [-0.05, 0) is 39.8 Å². The van der Waals surface area contributed by atoms with Crippen molar-refractivity contribution in [2.75, 3.05) is 0 Å². The first kappa shape index (κ1) is 13.7. The van der Waals surface area contributed by atoms with Crippen LogP contribution < -0.4 is 5.69 Å². The van der Waals surface area contributed by atoms with Crippen molar-refractivity contribution in [1.82, 2.24) is 9.55 Å². The van der Waals surface area contributed by atoms with Crippen LogP contribution in [-0.4, -0.2) is 15.3 Å². The van der Waals surface area contributed by atoms with Gasteiger partial charge in [0.2, 0.25) is 0 Å². The maximum Gasteiger partial charge on any atom is 0.348 e. The van der Waals surface area contributed by atoms with Crippen LogP contribution >= 0.6 is 11.3 Å². The number of carbonyl (C=O) groups is 1. The lowest BCUT2D eigenvalue weighted by atomic mass is 10.1. The van der Waals surface area contributed by atoms with Crippen LogP contribution in [0.4, 0.5) is 0 Å². The second-order valence-corrected chi connectivity index (χ2v) is 6.12. The van der Waals surface area contributed by atoms with E-state index in [-0.39, 0.29) is 18.0 Å². The van der Waals surface area contributed by atoms with E-state index in [1.807, 2.05) is 26.8 Å². The third-order valence-electron chi connectivity index (χ3n) is 2.99. The molecular weight excluding hydrogens is 260 g/mol. The standard InChI is InChI=1S/C14H16N2O2S/c1-8-5-9(2)16(14(18)15-8)7-13(17)12-6-10(3)19-11(12)4/h5-6H,7H2,1-4H3. The molecule has 0 radical (unpaired) electrons. The molecule has 0 fully saturated rings. The van der Waals surface area contributed by atoms with Crippen LogP contribution in [0.15, 0.2) is 16.9 Å². The molecule has 0 bridgehead atoms. The fourth-order valence-electron chi connectivity index (χ4n) is 2.10. The molecule has 0 atom stereocenters. The van der Waals surface area contributed by atoms with E-state index in [1.54, 1.807) is 24.3 Å². The van der Waals surface area contributed by atoms with Gasteiger partial charge in [-0.15, -0.1) is 11.3 Å². The third kappa shape index (κ3) is 2.81. The number of carbonyl (C=O) groups excluding carboxylic acids is 1. The minimum atomic E-state index is -0.365. The van der Waals surface area contributed by atoms with Gasteiger partial charge < -0.3 is 0 Å². The summed E-state index contributed by atoms with van der Waals surface area (Å²) in [5.41, 5.74) is 1.77. The molecule has 4 nitrogen and oxygen atoms in total. The molecule has 0 saturated heterocycles. The van der Waals surface area contributed by atoms with Crippen molar-refractivity contribution in [2.45, 2.75) is 34.2 Å². The Kier molecular flexibility index (Phi) is 3.66. The van der Waals surface area contributed by atoms with Gasteiger partial charge in [0.05, 0.1) is 6.54 Å². The Labute approximate surface area is 115 Å². The van der Waals surface area contributed by atoms with Crippen molar-refractivity contribution in [3.8, 4) is 0 Å². The van der Waals surface area contributed by atoms with Crippen molar-refractivity contribution < 1.29 is 4.79 Å². The highest BCUT2D eigenvalue weighted by Gasteiger charge is 2.14. The normalized spacial score (nSPS) is 10.7. The highest BCUT2D eigenvalue weighted by atomic mass is 32.1. The van der Waals surface area contributed by atoms with Crippen molar-refractivity contribution >= 4 is 17.1 Å². The summed E-state index contributed by atoms with van der Waals surface area (Å²) < 4.78 is 1.42. The number of aryl methyl sites for hydroxylation is 4. The zero-order valence-electron chi connectivity index (χ0n) is 11.5. The average molecular weight is 276 g/mol. The zero-order chi connectivity index (χ0) is 14.2. The SMILES string of the molecule is Cc1cc(C)n(CC(=O)c2cc(C)sc2C)c(=O)n1. The van der Waals surface area contributed by atoms with Gasteiger partial charge in [-0.3, -0.25) is 9.36 Å². The molecule has 2 rings (SSSR count). The van der Waals surface area contributed by atoms with Crippen molar-refractivity contribution in [3.63, 3.8) is 0 Å². The van der Waals surface area contributed by atoms with Gasteiger partial charge in [0.25, 0.3) is 0 Å². The summed E-state index contributed by atoms with van der Waals surface area (Å²) in [6.45, 7) is 7.53. The number of thiophene rings is 1. The lowest BCUT2D eigenvalue weighted by Gasteiger charge is -2.08. The van der Waals surface area contributed by atoms with E-state index in [2.05, 4.69) is 4.98 Å². The second kappa shape index (κ2) is 5.09. The first-order chi connectivity index (χ1) is 8.88. The van der Waals surface area contributed by atoms with Crippen LogP contribution in [0.25, 0.3) is 0 Å². The molecule has 2 heterocycles. The highest BCUT2D eigenvalue weighted by molar-refractivity contribution is 7.12. The Morgan fingerprint density at radius 3 is 2.47 bits per heavy atom. The third-order valence-corrected chi connectivity index (χ3v) is 3.96.